The van der Waals surface area contributed by atoms with Gasteiger partial charge >= 0.3 is 0 Å². The van der Waals surface area contributed by atoms with Gasteiger partial charge in [0.2, 0.25) is 0 Å². The summed E-state index contributed by atoms with van der Waals surface area (Å²) in [5, 5.41) is 9.76. The van der Waals surface area contributed by atoms with E-state index in [4.69, 9.17) is 15.0 Å². The van der Waals surface area contributed by atoms with Gasteiger partial charge in [0.25, 0.3) is 6.71 Å². The van der Waals surface area contributed by atoms with Crippen LogP contribution in [0.25, 0.3) is 77.3 Å². The zero-order valence-corrected chi connectivity index (χ0v) is 56.8. The van der Waals surface area contributed by atoms with Crippen molar-refractivity contribution in [3.63, 3.8) is 0 Å². The van der Waals surface area contributed by atoms with E-state index < -0.39 is 0 Å². The van der Waals surface area contributed by atoms with Crippen LogP contribution in [0.2, 0.25) is 0 Å². The van der Waals surface area contributed by atoms with Crippen LogP contribution in [-0.4, -0.2) is 21.7 Å². The van der Waals surface area contributed by atoms with E-state index in [1.54, 1.807) is 0 Å². The van der Waals surface area contributed by atoms with E-state index in [2.05, 4.69) is 329 Å². The molecule has 5 nitrogen and oxygen atoms in total. The molecule has 0 saturated heterocycles. The number of hydrogen-bond donors (Lipinski definition) is 0. The molecule has 3 heterocycles. The van der Waals surface area contributed by atoms with Gasteiger partial charge in [0.05, 0.1) is 0 Å². The lowest BCUT2D eigenvalue weighted by atomic mass is 9.33. The summed E-state index contributed by atoms with van der Waals surface area (Å²) in [5.74, 6) is 1.91. The summed E-state index contributed by atoms with van der Waals surface area (Å²) in [7, 11) is 0. The van der Waals surface area contributed by atoms with Crippen molar-refractivity contribution in [3.05, 3.63) is 228 Å². The van der Waals surface area contributed by atoms with Gasteiger partial charge in [-0.1, -0.05) is 258 Å². The highest BCUT2D eigenvalue weighted by atomic mass is 15.2. The smallest absolute Gasteiger partial charge is 0.252 e. The van der Waals surface area contributed by atoms with Crippen molar-refractivity contribution in [2.75, 3.05) is 9.80 Å². The van der Waals surface area contributed by atoms with Crippen LogP contribution in [-0.2, 0) is 32.5 Å². The Morgan fingerprint density at radius 3 is 0.912 bits per heavy atom. The summed E-state index contributed by atoms with van der Waals surface area (Å²) in [6, 6.07) is 74.5. The van der Waals surface area contributed by atoms with Gasteiger partial charge in [-0.25, -0.2) is 15.0 Å². The van der Waals surface area contributed by atoms with E-state index >= 15 is 0 Å². The highest BCUT2D eigenvalue weighted by Crippen LogP contribution is 2.51. The van der Waals surface area contributed by atoms with E-state index in [0.29, 0.717) is 17.5 Å². The number of hydrogen-bond acceptors (Lipinski definition) is 5. The second kappa shape index (κ2) is 20.8. The van der Waals surface area contributed by atoms with Gasteiger partial charge in [-0.05, 0) is 175 Å². The molecule has 0 bridgehead atoms. The second-order valence-electron chi connectivity index (χ2n) is 32.3. The topological polar surface area (TPSA) is 45.2 Å². The quantitative estimate of drug-likeness (QED) is 0.127. The van der Waals surface area contributed by atoms with Crippen molar-refractivity contribution in [1.82, 2.24) is 15.0 Å². The van der Waals surface area contributed by atoms with Crippen LogP contribution in [0.15, 0.2) is 194 Å². The minimum atomic E-state index is -0.164. The molecule has 454 valence electrons. The van der Waals surface area contributed by atoms with E-state index in [-0.39, 0.29) is 39.2 Å². The molecule has 0 radical (unpaired) electrons. The zero-order valence-electron chi connectivity index (χ0n) is 56.8. The summed E-state index contributed by atoms with van der Waals surface area (Å²) in [4.78, 5) is 22.5. The molecular weight excluding hydrogens is 1100 g/mol. The Labute approximate surface area is 540 Å². The second-order valence-corrected chi connectivity index (χ2v) is 32.3. The Bertz CT molecular complexity index is 4560. The van der Waals surface area contributed by atoms with Crippen molar-refractivity contribution in [3.8, 4) is 34.2 Å². The summed E-state index contributed by atoms with van der Waals surface area (Å²) in [6.07, 6.45) is 0. The van der Waals surface area contributed by atoms with Crippen molar-refractivity contribution < 1.29 is 0 Å². The molecule has 0 N–H and O–H groups in total. The molecule has 11 aromatic carbocycles. The maximum atomic E-state index is 5.82. The first-order valence-corrected chi connectivity index (χ1v) is 32.9. The van der Waals surface area contributed by atoms with Crippen LogP contribution in [0.4, 0.5) is 34.1 Å². The monoisotopic (exact) mass is 1190 g/mol. The first-order chi connectivity index (χ1) is 42.9. The zero-order chi connectivity index (χ0) is 64.2. The normalized spacial score (nSPS) is 13.8. The van der Waals surface area contributed by atoms with Crippen LogP contribution >= 0.6 is 0 Å². The Balaban J connectivity index is 1.16. The predicted molar refractivity (Wildman–Crippen MR) is 392 cm³/mol. The third-order valence-electron chi connectivity index (χ3n) is 19.6. The number of benzene rings is 11. The summed E-state index contributed by atoms with van der Waals surface area (Å²) in [6.45, 7) is 41.3. The third kappa shape index (κ3) is 10.4. The lowest BCUT2D eigenvalue weighted by molar-refractivity contribution is 0.568. The van der Waals surface area contributed by atoms with Crippen LogP contribution < -0.4 is 26.2 Å². The lowest BCUT2D eigenvalue weighted by Gasteiger charge is -2.45. The van der Waals surface area contributed by atoms with Crippen molar-refractivity contribution in [2.45, 2.75) is 157 Å². The van der Waals surface area contributed by atoms with Gasteiger partial charge in [-0.2, -0.15) is 0 Å². The fourth-order valence-electron chi connectivity index (χ4n) is 14.0. The maximum absolute atomic E-state index is 5.82. The van der Waals surface area contributed by atoms with E-state index in [0.717, 1.165) is 39.4 Å². The van der Waals surface area contributed by atoms with E-state index in [9.17, 15) is 0 Å². The average molecular weight is 1190 g/mol. The highest BCUT2D eigenvalue weighted by molar-refractivity contribution is 7.01. The highest BCUT2D eigenvalue weighted by Gasteiger charge is 2.45. The van der Waals surface area contributed by atoms with Crippen molar-refractivity contribution >= 4 is 100 Å². The van der Waals surface area contributed by atoms with Gasteiger partial charge in [0.1, 0.15) is 0 Å². The minimum absolute atomic E-state index is 0.0524. The number of aromatic nitrogens is 3. The van der Waals surface area contributed by atoms with Crippen LogP contribution in [0.3, 0.4) is 0 Å². The Kier molecular flexibility index (Phi) is 13.7. The molecule has 12 aromatic rings. The molecule has 2 aliphatic heterocycles. The van der Waals surface area contributed by atoms with Gasteiger partial charge < -0.3 is 9.80 Å². The molecule has 2 aliphatic rings. The molecule has 1 aromatic heterocycles. The average Bonchev–Trinajstić information content (AvgIpc) is 0.686. The first kappa shape index (κ1) is 59.7. The van der Waals surface area contributed by atoms with Gasteiger partial charge in [-0.3, -0.25) is 0 Å². The lowest BCUT2D eigenvalue weighted by Crippen LogP contribution is -2.61. The molecule has 14 rings (SSSR count). The Morgan fingerprint density at radius 1 is 0.275 bits per heavy atom. The van der Waals surface area contributed by atoms with Gasteiger partial charge in [0, 0.05) is 61.6 Å². The minimum Gasteiger partial charge on any atom is -0.311 e. The standard InChI is InChI=1S/C85H86BN5/c1-80(2,3)56-29-33-62(34-30-56)90-72-47-55(79-88-77(53-43-58(82(7,8)9)49-59(44-53)83(10,11)12)87-78(89-79)54-45-60(84(13,14)15)50-61(46-54)85(16,17)18)48-73-74(72)86(70-41-39-66-64-25-21-19-23-51(64)27-37-68(66)75(70)90)71-42-40-67-65-26-22-20-24-52(65)28-38-69(67)76(71)91(73)63-35-31-57(32-36-63)81(4,5)6/h19-50H,1-18H3. The van der Waals surface area contributed by atoms with Crippen molar-refractivity contribution in [1.29, 1.82) is 0 Å². The van der Waals surface area contributed by atoms with Crippen LogP contribution in [0, 0.1) is 0 Å². The first-order valence-electron chi connectivity index (χ1n) is 32.9. The molecule has 6 heteroatoms. The Hall–Kier alpha value is -8.87. The van der Waals surface area contributed by atoms with E-state index in [1.807, 2.05) is 0 Å². The summed E-state index contributed by atoms with van der Waals surface area (Å²) < 4.78 is 0. The predicted octanol–water partition coefficient (Wildman–Crippen LogP) is 21.4. The molecule has 0 amide bonds. The fraction of sp³-hybridized carbons (Fsp3) is 0.282. The largest absolute Gasteiger partial charge is 0.311 e. The SMILES string of the molecule is CC(C)(C)c1ccc(N2c3cc(-c4nc(-c5cc(C(C)(C)C)cc(C(C)(C)C)c5)nc(-c5cc(C(C)(C)C)cc(C(C)(C)C)c5)n4)cc4c3B(c3ccc5c(ccc6ccccc65)c32)c2ccc3c(ccc5ccccc53)c2N4c2ccc(C(C)(C)C)cc2)cc1. The van der Waals surface area contributed by atoms with Gasteiger partial charge in [0.15, 0.2) is 17.5 Å². The number of fused-ring (bicyclic) bond motifs is 12. The summed E-state index contributed by atoms with van der Waals surface area (Å²) in [5.41, 5.74) is 20.2. The molecule has 0 saturated carbocycles. The number of nitrogens with zero attached hydrogens (tertiary/aromatic N) is 5. The van der Waals surface area contributed by atoms with E-state index in [1.165, 1.54) is 104 Å². The van der Waals surface area contributed by atoms with Crippen LogP contribution in [0.5, 0.6) is 0 Å². The van der Waals surface area contributed by atoms with Gasteiger partial charge in [-0.15, -0.1) is 0 Å². The molecule has 0 fully saturated rings. The fourth-order valence-corrected chi connectivity index (χ4v) is 14.0. The third-order valence-corrected chi connectivity index (χ3v) is 19.6. The number of rotatable bonds is 5. The number of anilines is 6. The molecule has 91 heavy (non-hydrogen) atoms. The molecular formula is C85H86BN5. The summed E-state index contributed by atoms with van der Waals surface area (Å²) >= 11 is 0. The molecule has 0 atom stereocenters. The molecule has 0 aliphatic carbocycles. The van der Waals surface area contributed by atoms with Crippen molar-refractivity contribution in [2.24, 2.45) is 0 Å². The molecule has 0 unspecified atom stereocenters. The maximum Gasteiger partial charge on any atom is 0.252 e. The Morgan fingerprint density at radius 2 is 0.582 bits per heavy atom. The van der Waals surface area contributed by atoms with Crippen LogP contribution in [0.1, 0.15) is 158 Å². The molecule has 0 spiro atoms.